The number of hydrogen-bond acceptors (Lipinski definition) is 3. The average Bonchev–Trinajstić information content (AvgIpc) is 2.27. The Kier molecular flexibility index (Phi) is 3.89. The molecule has 0 radical (unpaired) electrons. The summed E-state index contributed by atoms with van der Waals surface area (Å²) in [7, 11) is 0. The van der Waals surface area contributed by atoms with Crippen LogP contribution in [0.1, 0.15) is 23.0 Å². The van der Waals surface area contributed by atoms with Gasteiger partial charge in [-0.05, 0) is 19.1 Å². The summed E-state index contributed by atoms with van der Waals surface area (Å²) in [6, 6.07) is 0.439. The van der Waals surface area contributed by atoms with E-state index in [0.29, 0.717) is 6.07 Å². The van der Waals surface area contributed by atoms with Crippen molar-refractivity contribution in [2.24, 2.45) is 0 Å². The fraction of sp³-hybridized carbons (Fsp3) is 0.300. The molecule has 1 rings (SSSR count). The third kappa shape index (κ3) is 3.19. The van der Waals surface area contributed by atoms with Gasteiger partial charge in [0.25, 0.3) is 5.91 Å². The highest BCUT2D eigenvalue weighted by molar-refractivity contribution is 5.96. The average molecular weight is 262 g/mol. The molecule has 1 heterocycles. The summed E-state index contributed by atoms with van der Waals surface area (Å²) in [5, 5.41) is 10.5. The zero-order valence-electron chi connectivity index (χ0n) is 9.15. The van der Waals surface area contributed by atoms with Crippen molar-refractivity contribution in [2.75, 3.05) is 0 Å². The van der Waals surface area contributed by atoms with Crippen LogP contribution in [0.4, 0.5) is 13.2 Å². The van der Waals surface area contributed by atoms with Gasteiger partial charge in [-0.15, -0.1) is 0 Å². The number of pyridine rings is 1. The van der Waals surface area contributed by atoms with Gasteiger partial charge in [-0.3, -0.25) is 14.6 Å². The Bertz CT molecular complexity index is 474. The lowest BCUT2D eigenvalue weighted by Gasteiger charge is -2.13. The number of carbonyl (C=O) groups excluding carboxylic acids is 1. The molecule has 1 atom stereocenters. The zero-order chi connectivity index (χ0) is 13.9. The Morgan fingerprint density at radius 2 is 2.06 bits per heavy atom. The lowest BCUT2D eigenvalue weighted by atomic mass is 10.1. The van der Waals surface area contributed by atoms with Gasteiger partial charge in [-0.1, -0.05) is 0 Å². The number of amides is 1. The summed E-state index contributed by atoms with van der Waals surface area (Å²) in [5.41, 5.74) is -2.06. The van der Waals surface area contributed by atoms with E-state index in [-0.39, 0.29) is 0 Å². The van der Waals surface area contributed by atoms with Gasteiger partial charge in [0.1, 0.15) is 11.7 Å². The standard InChI is InChI=1S/C10H9F3N2O3/c1-5(9(17)18)15-8(16)7-6(10(11,12)13)3-2-4-14-7/h2-5H,1H3,(H,15,16)(H,17,18). The van der Waals surface area contributed by atoms with Crippen molar-refractivity contribution >= 4 is 11.9 Å². The zero-order valence-corrected chi connectivity index (χ0v) is 9.15. The molecule has 1 unspecified atom stereocenters. The molecule has 1 aromatic rings. The van der Waals surface area contributed by atoms with E-state index in [1.807, 2.05) is 5.32 Å². The maximum absolute atomic E-state index is 12.6. The third-order valence-corrected chi connectivity index (χ3v) is 2.05. The number of aromatic nitrogens is 1. The Labute approximate surface area is 99.6 Å². The number of rotatable bonds is 3. The summed E-state index contributed by atoms with van der Waals surface area (Å²) in [6.45, 7) is 1.14. The molecule has 0 fully saturated rings. The van der Waals surface area contributed by atoms with Crippen LogP contribution in [0.25, 0.3) is 0 Å². The van der Waals surface area contributed by atoms with E-state index in [1.165, 1.54) is 0 Å². The molecule has 0 aliphatic heterocycles. The fourth-order valence-electron chi connectivity index (χ4n) is 1.14. The second-order valence-electron chi connectivity index (χ2n) is 3.43. The topological polar surface area (TPSA) is 79.3 Å². The maximum atomic E-state index is 12.6. The van der Waals surface area contributed by atoms with Gasteiger partial charge < -0.3 is 10.4 Å². The molecule has 0 bridgehead atoms. The Morgan fingerprint density at radius 3 is 2.56 bits per heavy atom. The second-order valence-corrected chi connectivity index (χ2v) is 3.43. The first-order valence-electron chi connectivity index (χ1n) is 4.79. The van der Waals surface area contributed by atoms with Crippen molar-refractivity contribution in [3.8, 4) is 0 Å². The number of halogens is 3. The minimum absolute atomic E-state index is 0.702. The van der Waals surface area contributed by atoms with E-state index in [4.69, 9.17) is 5.11 Å². The minimum atomic E-state index is -4.73. The number of aliphatic carboxylic acids is 1. The van der Waals surface area contributed by atoms with Gasteiger partial charge in [-0.2, -0.15) is 13.2 Å². The van der Waals surface area contributed by atoms with Crippen molar-refractivity contribution in [1.82, 2.24) is 10.3 Å². The van der Waals surface area contributed by atoms with Crippen LogP contribution in [0.5, 0.6) is 0 Å². The van der Waals surface area contributed by atoms with Crippen LogP contribution in [0.2, 0.25) is 0 Å². The van der Waals surface area contributed by atoms with Crippen LogP contribution >= 0.6 is 0 Å². The molecule has 1 aromatic heterocycles. The van der Waals surface area contributed by atoms with Crippen molar-refractivity contribution in [1.29, 1.82) is 0 Å². The number of carboxylic acids is 1. The van der Waals surface area contributed by atoms with Crippen LogP contribution in [0, 0.1) is 0 Å². The van der Waals surface area contributed by atoms with Gasteiger partial charge in [0.15, 0.2) is 0 Å². The van der Waals surface area contributed by atoms with Gasteiger partial charge in [-0.25, -0.2) is 0 Å². The van der Waals surface area contributed by atoms with Crippen LogP contribution in [0.3, 0.4) is 0 Å². The second kappa shape index (κ2) is 5.03. The molecule has 0 aromatic carbocycles. The van der Waals surface area contributed by atoms with Gasteiger partial charge in [0, 0.05) is 6.20 Å². The number of nitrogens with one attached hydrogen (secondary N) is 1. The third-order valence-electron chi connectivity index (χ3n) is 2.05. The smallest absolute Gasteiger partial charge is 0.418 e. The van der Waals surface area contributed by atoms with Crippen LogP contribution in [0.15, 0.2) is 18.3 Å². The Hall–Kier alpha value is -2.12. The Morgan fingerprint density at radius 1 is 1.44 bits per heavy atom. The highest BCUT2D eigenvalue weighted by Gasteiger charge is 2.36. The van der Waals surface area contributed by atoms with Crippen LogP contribution < -0.4 is 5.32 Å². The van der Waals surface area contributed by atoms with E-state index in [9.17, 15) is 22.8 Å². The first-order chi connectivity index (χ1) is 8.23. The molecule has 18 heavy (non-hydrogen) atoms. The van der Waals surface area contributed by atoms with E-state index >= 15 is 0 Å². The SMILES string of the molecule is CC(NC(=O)c1ncccc1C(F)(F)F)C(=O)O. The first kappa shape index (κ1) is 13.9. The highest BCUT2D eigenvalue weighted by Crippen LogP contribution is 2.30. The number of hydrogen-bond donors (Lipinski definition) is 2. The molecule has 98 valence electrons. The predicted molar refractivity (Wildman–Crippen MR) is 53.8 cm³/mol. The van der Waals surface area contributed by atoms with Crippen LogP contribution in [-0.4, -0.2) is 28.0 Å². The molecular formula is C10H9F3N2O3. The predicted octanol–water partition coefficient (Wildman–Crippen LogP) is 1.30. The normalized spacial score (nSPS) is 12.9. The van der Waals surface area contributed by atoms with E-state index in [0.717, 1.165) is 19.2 Å². The molecule has 0 aliphatic rings. The van der Waals surface area contributed by atoms with E-state index in [2.05, 4.69) is 4.98 Å². The van der Waals surface area contributed by atoms with E-state index in [1.54, 1.807) is 0 Å². The maximum Gasteiger partial charge on any atom is 0.418 e. The van der Waals surface area contributed by atoms with Crippen molar-refractivity contribution in [2.45, 2.75) is 19.1 Å². The first-order valence-corrected chi connectivity index (χ1v) is 4.79. The van der Waals surface area contributed by atoms with Gasteiger partial charge in [0.2, 0.25) is 0 Å². The Balaban J connectivity index is 3.03. The van der Waals surface area contributed by atoms with Crippen molar-refractivity contribution in [3.63, 3.8) is 0 Å². The molecule has 0 spiro atoms. The van der Waals surface area contributed by atoms with Crippen molar-refractivity contribution < 1.29 is 27.9 Å². The highest BCUT2D eigenvalue weighted by atomic mass is 19.4. The molecule has 1 amide bonds. The lowest BCUT2D eigenvalue weighted by Crippen LogP contribution is -2.39. The molecule has 0 aliphatic carbocycles. The number of carbonyl (C=O) groups is 2. The van der Waals surface area contributed by atoms with Gasteiger partial charge >= 0.3 is 12.1 Å². The summed E-state index contributed by atoms with van der Waals surface area (Å²) < 4.78 is 37.7. The fourth-order valence-corrected chi connectivity index (χ4v) is 1.14. The number of alkyl halides is 3. The summed E-state index contributed by atoms with van der Waals surface area (Å²) in [4.78, 5) is 25.3. The number of carboxylic acid groups (broad SMARTS) is 1. The summed E-state index contributed by atoms with van der Waals surface area (Å²) >= 11 is 0. The lowest BCUT2D eigenvalue weighted by molar-refractivity contribution is -0.138. The van der Waals surface area contributed by atoms with E-state index < -0.39 is 35.4 Å². The molecule has 8 heteroatoms. The quantitative estimate of drug-likeness (QED) is 0.860. The van der Waals surface area contributed by atoms with Crippen molar-refractivity contribution in [3.05, 3.63) is 29.6 Å². The monoisotopic (exact) mass is 262 g/mol. The number of nitrogens with zero attached hydrogens (tertiary/aromatic N) is 1. The molecule has 2 N–H and O–H groups in total. The molecule has 5 nitrogen and oxygen atoms in total. The summed E-state index contributed by atoms with van der Waals surface area (Å²) in [5.74, 6) is -2.54. The molecule has 0 saturated heterocycles. The molecular weight excluding hydrogens is 253 g/mol. The minimum Gasteiger partial charge on any atom is -0.480 e. The largest absolute Gasteiger partial charge is 0.480 e. The van der Waals surface area contributed by atoms with Gasteiger partial charge in [0.05, 0.1) is 5.56 Å². The van der Waals surface area contributed by atoms with Crippen LogP contribution in [-0.2, 0) is 11.0 Å². The summed E-state index contributed by atoms with van der Waals surface area (Å²) in [6.07, 6.45) is -3.71. The molecule has 0 saturated carbocycles.